The average Bonchev–Trinajstić information content (AvgIpc) is 2.87. The van der Waals surface area contributed by atoms with Crippen molar-refractivity contribution in [2.24, 2.45) is 5.10 Å². The van der Waals surface area contributed by atoms with Crippen molar-refractivity contribution in [3.05, 3.63) is 46.0 Å². The molecule has 1 aromatic heterocycles. The van der Waals surface area contributed by atoms with Gasteiger partial charge in [-0.15, -0.1) is 0 Å². The molecule has 0 aliphatic heterocycles. The SMILES string of the molecule is COC(=O)c1sc(N/N=C\c2ccccc2C(F)(F)F)nc1C. The Bertz CT molecular complexity index is 741. The topological polar surface area (TPSA) is 63.6 Å². The zero-order chi connectivity index (χ0) is 17.0. The van der Waals surface area contributed by atoms with Gasteiger partial charge in [0.1, 0.15) is 4.88 Å². The van der Waals surface area contributed by atoms with E-state index in [1.54, 1.807) is 6.92 Å². The Kier molecular flexibility index (Phi) is 4.99. The summed E-state index contributed by atoms with van der Waals surface area (Å²) in [6.45, 7) is 1.62. The predicted octanol–water partition coefficient (Wildman–Crippen LogP) is 3.70. The van der Waals surface area contributed by atoms with Crippen molar-refractivity contribution in [2.75, 3.05) is 12.5 Å². The van der Waals surface area contributed by atoms with Gasteiger partial charge in [0.2, 0.25) is 5.13 Å². The number of esters is 1. The number of methoxy groups -OCH3 is 1. The monoisotopic (exact) mass is 343 g/mol. The lowest BCUT2D eigenvalue weighted by Gasteiger charge is -2.08. The smallest absolute Gasteiger partial charge is 0.417 e. The summed E-state index contributed by atoms with van der Waals surface area (Å²) in [5.41, 5.74) is 2.11. The molecule has 1 aromatic carbocycles. The molecule has 122 valence electrons. The van der Waals surface area contributed by atoms with Gasteiger partial charge in [-0.2, -0.15) is 18.3 Å². The normalized spacial score (nSPS) is 11.7. The first-order valence-electron chi connectivity index (χ1n) is 6.34. The molecule has 0 bridgehead atoms. The van der Waals surface area contributed by atoms with Crippen molar-refractivity contribution in [1.82, 2.24) is 4.98 Å². The van der Waals surface area contributed by atoms with E-state index in [2.05, 4.69) is 20.2 Å². The molecule has 0 saturated heterocycles. The van der Waals surface area contributed by atoms with Gasteiger partial charge in [-0.05, 0) is 13.0 Å². The quantitative estimate of drug-likeness (QED) is 0.522. The maximum absolute atomic E-state index is 12.8. The number of aromatic nitrogens is 1. The number of alkyl halides is 3. The molecule has 0 aliphatic rings. The minimum atomic E-state index is -4.46. The fraction of sp³-hybridized carbons (Fsp3) is 0.214. The number of rotatable bonds is 4. The molecule has 0 fully saturated rings. The molecule has 23 heavy (non-hydrogen) atoms. The van der Waals surface area contributed by atoms with Gasteiger partial charge >= 0.3 is 12.1 Å². The number of anilines is 1. The summed E-state index contributed by atoms with van der Waals surface area (Å²) in [6.07, 6.45) is -3.41. The molecular weight excluding hydrogens is 331 g/mol. The van der Waals surface area contributed by atoms with Crippen molar-refractivity contribution < 1.29 is 22.7 Å². The lowest BCUT2D eigenvalue weighted by Crippen LogP contribution is -2.08. The second-order valence-corrected chi connectivity index (χ2v) is 5.38. The number of benzene rings is 1. The fourth-order valence-electron chi connectivity index (χ4n) is 1.75. The highest BCUT2D eigenvalue weighted by molar-refractivity contribution is 7.17. The van der Waals surface area contributed by atoms with E-state index in [1.165, 1.54) is 25.3 Å². The van der Waals surface area contributed by atoms with Gasteiger partial charge in [0.15, 0.2) is 0 Å². The molecule has 1 N–H and O–H groups in total. The van der Waals surface area contributed by atoms with Crippen LogP contribution in [0.5, 0.6) is 0 Å². The number of nitrogens with zero attached hydrogens (tertiary/aromatic N) is 2. The third-order valence-corrected chi connectivity index (χ3v) is 3.84. The number of ether oxygens (including phenoxy) is 1. The Balaban J connectivity index is 2.16. The molecule has 5 nitrogen and oxygen atoms in total. The molecule has 0 amide bonds. The van der Waals surface area contributed by atoms with Gasteiger partial charge in [-0.1, -0.05) is 29.5 Å². The first-order valence-corrected chi connectivity index (χ1v) is 7.15. The van der Waals surface area contributed by atoms with Gasteiger partial charge in [0.25, 0.3) is 0 Å². The van der Waals surface area contributed by atoms with Gasteiger partial charge < -0.3 is 4.74 Å². The number of hydrogen-bond acceptors (Lipinski definition) is 6. The van der Waals surface area contributed by atoms with E-state index in [1.807, 2.05) is 0 Å². The Hall–Kier alpha value is -2.42. The number of aryl methyl sites for hydroxylation is 1. The zero-order valence-electron chi connectivity index (χ0n) is 12.1. The number of halogens is 3. The molecule has 0 spiro atoms. The number of thiazole rings is 1. The van der Waals surface area contributed by atoms with Crippen LogP contribution in [0, 0.1) is 6.92 Å². The van der Waals surface area contributed by atoms with E-state index in [0.717, 1.165) is 23.6 Å². The van der Waals surface area contributed by atoms with E-state index in [9.17, 15) is 18.0 Å². The van der Waals surface area contributed by atoms with Gasteiger partial charge in [-0.25, -0.2) is 9.78 Å². The summed E-state index contributed by atoms with van der Waals surface area (Å²) >= 11 is 1.00. The molecule has 0 saturated carbocycles. The number of hydrogen-bond donors (Lipinski definition) is 1. The van der Waals surface area contributed by atoms with Crippen LogP contribution in [0.4, 0.5) is 18.3 Å². The minimum Gasteiger partial charge on any atom is -0.465 e. The molecule has 2 aromatic rings. The summed E-state index contributed by atoms with van der Waals surface area (Å²) in [5, 5.41) is 4.03. The molecule has 0 atom stereocenters. The van der Waals surface area contributed by atoms with Crippen molar-refractivity contribution in [3.63, 3.8) is 0 Å². The highest BCUT2D eigenvalue weighted by Gasteiger charge is 2.32. The standard InChI is InChI=1S/C14H12F3N3O2S/c1-8-11(12(21)22-2)23-13(19-8)20-18-7-9-5-3-4-6-10(9)14(15,16)17/h3-7H,1-2H3,(H,19,20)/b18-7-. The van der Waals surface area contributed by atoms with Crippen LogP contribution in [0.15, 0.2) is 29.4 Å². The van der Waals surface area contributed by atoms with Gasteiger partial charge in [-0.3, -0.25) is 5.43 Å². The van der Waals surface area contributed by atoms with Gasteiger partial charge in [0, 0.05) is 5.56 Å². The number of carbonyl (C=O) groups excluding carboxylic acids is 1. The molecule has 0 unspecified atom stereocenters. The summed E-state index contributed by atoms with van der Waals surface area (Å²) in [6, 6.07) is 5.07. The zero-order valence-corrected chi connectivity index (χ0v) is 13.0. The van der Waals surface area contributed by atoms with Crippen molar-refractivity contribution in [3.8, 4) is 0 Å². The van der Waals surface area contributed by atoms with E-state index >= 15 is 0 Å². The van der Waals surface area contributed by atoms with Gasteiger partial charge in [0.05, 0.1) is 24.6 Å². The lowest BCUT2D eigenvalue weighted by atomic mass is 10.1. The maximum Gasteiger partial charge on any atom is 0.417 e. The Morgan fingerprint density at radius 2 is 2.09 bits per heavy atom. The summed E-state index contributed by atoms with van der Waals surface area (Å²) in [7, 11) is 1.25. The van der Waals surface area contributed by atoms with Crippen LogP contribution in [0.25, 0.3) is 0 Å². The fourth-order valence-corrected chi connectivity index (χ4v) is 2.59. The van der Waals surface area contributed by atoms with Crippen LogP contribution < -0.4 is 5.43 Å². The molecular formula is C14H12F3N3O2S. The average molecular weight is 343 g/mol. The Morgan fingerprint density at radius 3 is 2.74 bits per heavy atom. The van der Waals surface area contributed by atoms with Crippen molar-refractivity contribution >= 4 is 28.7 Å². The van der Waals surface area contributed by atoms with E-state index in [-0.39, 0.29) is 10.7 Å². The van der Waals surface area contributed by atoms with E-state index in [4.69, 9.17) is 0 Å². The van der Waals surface area contributed by atoms with Crippen LogP contribution in [0.3, 0.4) is 0 Å². The van der Waals surface area contributed by atoms with Crippen LogP contribution in [0.1, 0.15) is 26.5 Å². The largest absolute Gasteiger partial charge is 0.465 e. The third kappa shape index (κ3) is 4.07. The van der Waals surface area contributed by atoms with Crippen LogP contribution in [-0.4, -0.2) is 24.3 Å². The van der Waals surface area contributed by atoms with Crippen molar-refractivity contribution in [1.29, 1.82) is 0 Å². The Morgan fingerprint density at radius 1 is 1.39 bits per heavy atom. The highest BCUT2D eigenvalue weighted by Crippen LogP contribution is 2.31. The van der Waals surface area contributed by atoms with Crippen LogP contribution in [0.2, 0.25) is 0 Å². The first kappa shape index (κ1) is 16.9. The molecule has 9 heteroatoms. The molecule has 1 heterocycles. The summed E-state index contributed by atoms with van der Waals surface area (Å²) in [5.74, 6) is -0.528. The minimum absolute atomic E-state index is 0.0750. The van der Waals surface area contributed by atoms with E-state index in [0.29, 0.717) is 10.6 Å². The second kappa shape index (κ2) is 6.78. The Labute approximate surface area is 133 Å². The van der Waals surface area contributed by atoms with Crippen LogP contribution in [-0.2, 0) is 10.9 Å². The third-order valence-electron chi connectivity index (χ3n) is 2.80. The maximum atomic E-state index is 12.8. The number of nitrogens with one attached hydrogen (secondary N) is 1. The molecule has 0 radical (unpaired) electrons. The summed E-state index contributed by atoms with van der Waals surface area (Å²) < 4.78 is 43.1. The molecule has 2 rings (SSSR count). The lowest BCUT2D eigenvalue weighted by molar-refractivity contribution is -0.137. The second-order valence-electron chi connectivity index (χ2n) is 4.38. The highest BCUT2D eigenvalue weighted by atomic mass is 32.1. The van der Waals surface area contributed by atoms with Crippen LogP contribution >= 0.6 is 11.3 Å². The number of carbonyl (C=O) groups is 1. The first-order chi connectivity index (χ1) is 10.8. The predicted molar refractivity (Wildman–Crippen MR) is 80.9 cm³/mol. The summed E-state index contributed by atoms with van der Waals surface area (Å²) in [4.78, 5) is 15.8. The van der Waals surface area contributed by atoms with E-state index < -0.39 is 17.7 Å². The number of hydrazone groups is 1. The molecule has 0 aliphatic carbocycles. The van der Waals surface area contributed by atoms with Crippen molar-refractivity contribution in [2.45, 2.75) is 13.1 Å².